The van der Waals surface area contributed by atoms with Crippen LogP contribution in [0.15, 0.2) is 59.3 Å². The standard InChI is InChI=1S/C30H36N2O4S2/c1-32(2,16-4-3-7-20-10-12-21(13-11-20)28(31)33)24-19-22-14-15-23(24)27(22)36-29(34)30(35,25-8-5-17-37-25)26-9-6-18-38-26/h5-6,8-13,17-18,22-24,27,35H,3-4,7,14-16,19H2,1-2H3,(H-,31,33)/p+1/t22?,23?,24-,27?/m0/s1. The van der Waals surface area contributed by atoms with E-state index in [1.807, 2.05) is 47.2 Å². The molecule has 4 atom stereocenters. The van der Waals surface area contributed by atoms with Gasteiger partial charge in [0, 0.05) is 23.8 Å². The highest BCUT2D eigenvalue weighted by Crippen LogP contribution is 2.51. The quantitative estimate of drug-likeness (QED) is 0.200. The number of nitrogens with zero attached hydrogens (tertiary/aromatic N) is 1. The minimum absolute atomic E-state index is 0.139. The van der Waals surface area contributed by atoms with Gasteiger partial charge in [-0.15, -0.1) is 22.7 Å². The second-order valence-electron chi connectivity index (χ2n) is 11.4. The van der Waals surface area contributed by atoms with Gasteiger partial charge in [-0.25, -0.2) is 4.79 Å². The average Bonchev–Trinajstić information content (AvgIpc) is 3.72. The number of carbonyl (C=O) groups excluding carboxylic acids is 2. The summed E-state index contributed by atoms with van der Waals surface area (Å²) in [6.07, 6.45) is 6.21. The first-order chi connectivity index (χ1) is 18.2. The van der Waals surface area contributed by atoms with Crippen molar-refractivity contribution in [2.45, 2.75) is 56.3 Å². The molecule has 2 fully saturated rings. The van der Waals surface area contributed by atoms with Gasteiger partial charge in [0.05, 0.1) is 36.4 Å². The predicted octanol–water partition coefficient (Wildman–Crippen LogP) is 4.95. The number of nitrogens with two attached hydrogens (primary N) is 1. The number of aryl methyl sites for hydroxylation is 1. The van der Waals surface area contributed by atoms with E-state index in [1.165, 1.54) is 28.2 Å². The van der Waals surface area contributed by atoms with E-state index in [2.05, 4.69) is 14.1 Å². The van der Waals surface area contributed by atoms with Crippen molar-refractivity contribution in [1.82, 2.24) is 0 Å². The van der Waals surface area contributed by atoms with Crippen molar-refractivity contribution in [3.05, 3.63) is 80.2 Å². The number of fused-ring (bicyclic) bond motifs is 2. The van der Waals surface area contributed by atoms with Crippen molar-refractivity contribution < 1.29 is 23.9 Å². The smallest absolute Gasteiger partial charge is 0.349 e. The Morgan fingerprint density at radius 2 is 1.68 bits per heavy atom. The van der Waals surface area contributed by atoms with Gasteiger partial charge < -0.3 is 20.1 Å². The van der Waals surface area contributed by atoms with Crippen LogP contribution in [-0.2, 0) is 21.6 Å². The van der Waals surface area contributed by atoms with Gasteiger partial charge >= 0.3 is 5.97 Å². The molecule has 5 rings (SSSR count). The summed E-state index contributed by atoms with van der Waals surface area (Å²) in [7, 11) is 4.61. The Balaban J connectivity index is 1.20. The highest BCUT2D eigenvalue weighted by atomic mass is 32.1. The summed E-state index contributed by atoms with van der Waals surface area (Å²) in [5.41, 5.74) is 5.35. The molecule has 0 aliphatic heterocycles. The molecule has 2 aliphatic rings. The normalized spacial score (nSPS) is 23.0. The Morgan fingerprint density at radius 3 is 2.26 bits per heavy atom. The molecule has 3 N–H and O–H groups in total. The Hall–Kier alpha value is -2.52. The molecule has 1 amide bonds. The maximum absolute atomic E-state index is 13.6. The summed E-state index contributed by atoms with van der Waals surface area (Å²) in [5, 5.41) is 15.4. The van der Waals surface area contributed by atoms with Crippen LogP contribution in [0.3, 0.4) is 0 Å². The summed E-state index contributed by atoms with van der Waals surface area (Å²) in [5.74, 6) is -0.270. The first-order valence-electron chi connectivity index (χ1n) is 13.4. The fourth-order valence-corrected chi connectivity index (χ4v) is 8.28. The molecule has 0 radical (unpaired) electrons. The van der Waals surface area contributed by atoms with E-state index in [-0.39, 0.29) is 6.10 Å². The summed E-state index contributed by atoms with van der Waals surface area (Å²) in [6.45, 7) is 1.06. The zero-order chi connectivity index (χ0) is 26.9. The van der Waals surface area contributed by atoms with Gasteiger partial charge in [-0.3, -0.25) is 4.79 Å². The number of hydrogen-bond donors (Lipinski definition) is 2. The van der Waals surface area contributed by atoms with Gasteiger partial charge in [0.2, 0.25) is 11.5 Å². The van der Waals surface area contributed by atoms with E-state index >= 15 is 0 Å². The fourth-order valence-electron chi connectivity index (χ4n) is 6.57. The van der Waals surface area contributed by atoms with Crippen LogP contribution < -0.4 is 5.73 Å². The molecule has 3 unspecified atom stereocenters. The maximum Gasteiger partial charge on any atom is 0.349 e. The summed E-state index contributed by atoms with van der Waals surface area (Å²) < 4.78 is 7.14. The number of primary amides is 1. The number of amides is 1. The van der Waals surface area contributed by atoms with E-state index in [0.717, 1.165) is 49.6 Å². The summed E-state index contributed by atoms with van der Waals surface area (Å²) in [4.78, 5) is 26.1. The molecule has 8 heteroatoms. The Kier molecular flexibility index (Phi) is 7.78. The van der Waals surface area contributed by atoms with Gasteiger partial charge in [0.1, 0.15) is 6.10 Å². The lowest BCUT2D eigenvalue weighted by Gasteiger charge is -2.40. The first kappa shape index (κ1) is 27.1. The molecular weight excluding hydrogens is 516 g/mol. The molecule has 2 bridgehead atoms. The molecule has 3 aromatic rings. The number of esters is 1. The van der Waals surface area contributed by atoms with Crippen LogP contribution in [0.1, 0.15) is 57.8 Å². The minimum atomic E-state index is -1.75. The lowest BCUT2D eigenvalue weighted by molar-refractivity contribution is -0.918. The van der Waals surface area contributed by atoms with Crippen LogP contribution in [0.2, 0.25) is 0 Å². The Labute approximate surface area is 232 Å². The zero-order valence-corrected chi connectivity index (χ0v) is 23.7. The van der Waals surface area contributed by atoms with E-state index in [0.29, 0.717) is 33.2 Å². The SMILES string of the molecule is C[N+](C)(CCCCc1ccc(C(N)=O)cc1)[C@H]1CC2CCC1C2OC(=O)C(O)(c1cccs1)c1cccs1. The largest absolute Gasteiger partial charge is 0.459 e. The summed E-state index contributed by atoms with van der Waals surface area (Å²) in [6, 6.07) is 15.4. The Bertz CT molecular complexity index is 1200. The number of thiophene rings is 2. The third-order valence-electron chi connectivity index (χ3n) is 8.68. The van der Waals surface area contributed by atoms with Crippen LogP contribution in [-0.4, -0.2) is 54.3 Å². The van der Waals surface area contributed by atoms with E-state index in [4.69, 9.17) is 10.5 Å². The number of benzene rings is 1. The van der Waals surface area contributed by atoms with Crippen molar-refractivity contribution in [1.29, 1.82) is 0 Å². The van der Waals surface area contributed by atoms with Crippen molar-refractivity contribution in [2.24, 2.45) is 17.6 Å². The van der Waals surface area contributed by atoms with Crippen molar-refractivity contribution in [2.75, 3.05) is 20.6 Å². The van der Waals surface area contributed by atoms with Crippen LogP contribution in [0.25, 0.3) is 0 Å². The van der Waals surface area contributed by atoms with E-state index < -0.39 is 17.5 Å². The fraction of sp³-hybridized carbons (Fsp3) is 0.467. The molecule has 202 valence electrons. The number of carbonyl (C=O) groups is 2. The van der Waals surface area contributed by atoms with E-state index in [9.17, 15) is 14.7 Å². The lowest BCUT2D eigenvalue weighted by Crippen LogP contribution is -2.52. The second kappa shape index (κ2) is 10.9. The molecule has 6 nitrogen and oxygen atoms in total. The molecule has 2 heterocycles. The van der Waals surface area contributed by atoms with Gasteiger partial charge in [0.25, 0.3) is 0 Å². The van der Waals surface area contributed by atoms with Crippen LogP contribution in [0.4, 0.5) is 0 Å². The molecule has 1 aromatic carbocycles. The predicted molar refractivity (Wildman–Crippen MR) is 151 cm³/mol. The van der Waals surface area contributed by atoms with Crippen molar-refractivity contribution >= 4 is 34.6 Å². The molecule has 0 spiro atoms. The monoisotopic (exact) mass is 553 g/mol. The van der Waals surface area contributed by atoms with Crippen LogP contribution in [0.5, 0.6) is 0 Å². The number of ether oxygens (including phenoxy) is 1. The lowest BCUT2D eigenvalue weighted by atomic mass is 9.92. The zero-order valence-electron chi connectivity index (χ0n) is 22.0. The molecule has 2 saturated carbocycles. The third-order valence-corrected chi connectivity index (χ3v) is 10.6. The highest BCUT2D eigenvalue weighted by Gasteiger charge is 2.57. The topological polar surface area (TPSA) is 89.6 Å². The number of rotatable bonds is 11. The van der Waals surface area contributed by atoms with Crippen molar-refractivity contribution in [3.8, 4) is 0 Å². The second-order valence-corrected chi connectivity index (χ2v) is 13.3. The Morgan fingerprint density at radius 1 is 1.03 bits per heavy atom. The molecule has 0 saturated heterocycles. The number of unbranched alkanes of at least 4 members (excludes halogenated alkanes) is 1. The number of hydrogen-bond acceptors (Lipinski definition) is 6. The van der Waals surface area contributed by atoms with Crippen LogP contribution in [0, 0.1) is 11.8 Å². The summed E-state index contributed by atoms with van der Waals surface area (Å²) >= 11 is 2.76. The number of quaternary nitrogens is 1. The van der Waals surface area contributed by atoms with Crippen molar-refractivity contribution in [3.63, 3.8) is 0 Å². The van der Waals surface area contributed by atoms with Crippen LogP contribution >= 0.6 is 22.7 Å². The first-order valence-corrected chi connectivity index (χ1v) is 15.2. The minimum Gasteiger partial charge on any atom is -0.459 e. The van der Waals surface area contributed by atoms with E-state index in [1.54, 1.807) is 12.1 Å². The molecule has 38 heavy (non-hydrogen) atoms. The average molecular weight is 554 g/mol. The highest BCUT2D eigenvalue weighted by molar-refractivity contribution is 7.12. The van der Waals surface area contributed by atoms with Gasteiger partial charge in [-0.2, -0.15) is 0 Å². The van der Waals surface area contributed by atoms with Gasteiger partial charge in [-0.1, -0.05) is 24.3 Å². The molecule has 2 aromatic heterocycles. The third kappa shape index (κ3) is 5.19. The maximum atomic E-state index is 13.6. The number of aliphatic hydroxyl groups is 1. The molecule has 2 aliphatic carbocycles. The van der Waals surface area contributed by atoms with Gasteiger partial charge in [-0.05, 0) is 72.7 Å². The van der Waals surface area contributed by atoms with Gasteiger partial charge in [0.15, 0.2) is 0 Å². The molecular formula is C30H37N2O4S2+.